The summed E-state index contributed by atoms with van der Waals surface area (Å²) in [6.45, 7) is 9.74. The van der Waals surface area contributed by atoms with Crippen molar-refractivity contribution in [1.29, 1.82) is 0 Å². The fourth-order valence-electron chi connectivity index (χ4n) is 1.53. The van der Waals surface area contributed by atoms with Gasteiger partial charge in [-0.25, -0.2) is 0 Å². The van der Waals surface area contributed by atoms with Crippen molar-refractivity contribution in [2.75, 3.05) is 12.5 Å². The van der Waals surface area contributed by atoms with Crippen molar-refractivity contribution in [3.8, 4) is 0 Å². The maximum Gasteiger partial charge on any atom is 0.0549 e. The fourth-order valence-corrected chi connectivity index (χ4v) is 1.91. The standard InChI is InChI=1S/C12H25ClO/c1-10(2)9-12(4)14-8-6-11(3)5-7-13/h10-12H,5-9H2,1-4H3. The summed E-state index contributed by atoms with van der Waals surface area (Å²) in [5.74, 6) is 2.19. The Hall–Kier alpha value is 0.250. The SMILES string of the molecule is CC(C)CC(C)OCCC(C)CCCl. The molecule has 0 amide bonds. The van der Waals surface area contributed by atoms with Gasteiger partial charge >= 0.3 is 0 Å². The molecule has 14 heavy (non-hydrogen) atoms. The number of rotatable bonds is 8. The normalized spacial score (nSPS) is 15.9. The largest absolute Gasteiger partial charge is 0.378 e. The highest BCUT2D eigenvalue weighted by Crippen LogP contribution is 2.11. The summed E-state index contributed by atoms with van der Waals surface area (Å²) in [4.78, 5) is 0. The highest BCUT2D eigenvalue weighted by molar-refractivity contribution is 6.17. The van der Waals surface area contributed by atoms with Gasteiger partial charge in [-0.05, 0) is 38.0 Å². The fraction of sp³-hybridized carbons (Fsp3) is 1.00. The van der Waals surface area contributed by atoms with Gasteiger partial charge in [0.2, 0.25) is 0 Å². The van der Waals surface area contributed by atoms with Gasteiger partial charge in [-0.3, -0.25) is 0 Å². The molecule has 0 radical (unpaired) electrons. The van der Waals surface area contributed by atoms with Crippen LogP contribution < -0.4 is 0 Å². The van der Waals surface area contributed by atoms with Gasteiger partial charge < -0.3 is 4.74 Å². The Morgan fingerprint density at radius 3 is 2.21 bits per heavy atom. The lowest BCUT2D eigenvalue weighted by Crippen LogP contribution is -2.13. The third kappa shape index (κ3) is 8.83. The van der Waals surface area contributed by atoms with Gasteiger partial charge in [-0.15, -0.1) is 11.6 Å². The summed E-state index contributed by atoms with van der Waals surface area (Å²) in [6, 6.07) is 0. The first-order valence-electron chi connectivity index (χ1n) is 5.73. The molecule has 2 atom stereocenters. The van der Waals surface area contributed by atoms with Gasteiger partial charge in [0.15, 0.2) is 0 Å². The zero-order valence-electron chi connectivity index (χ0n) is 10.1. The van der Waals surface area contributed by atoms with Crippen LogP contribution in [0.25, 0.3) is 0 Å². The molecule has 0 heterocycles. The second-order valence-corrected chi connectivity index (χ2v) is 5.06. The van der Waals surface area contributed by atoms with Crippen molar-refractivity contribution >= 4 is 11.6 Å². The first kappa shape index (κ1) is 14.2. The molecule has 0 aromatic carbocycles. The third-order valence-electron chi connectivity index (χ3n) is 2.42. The van der Waals surface area contributed by atoms with Crippen LogP contribution >= 0.6 is 11.6 Å². The molecule has 0 aliphatic rings. The van der Waals surface area contributed by atoms with Crippen molar-refractivity contribution in [2.24, 2.45) is 11.8 Å². The number of alkyl halides is 1. The Balaban J connectivity index is 3.34. The Morgan fingerprint density at radius 1 is 1.07 bits per heavy atom. The molecule has 0 aromatic rings. The van der Waals surface area contributed by atoms with Crippen LogP contribution in [0.5, 0.6) is 0 Å². The molecule has 0 aromatic heterocycles. The predicted molar refractivity (Wildman–Crippen MR) is 64.0 cm³/mol. The summed E-state index contributed by atoms with van der Waals surface area (Å²) in [7, 11) is 0. The average Bonchev–Trinajstić information content (AvgIpc) is 2.02. The van der Waals surface area contributed by atoms with E-state index >= 15 is 0 Å². The summed E-state index contributed by atoms with van der Waals surface area (Å²) in [6.07, 6.45) is 3.79. The molecule has 0 bridgehead atoms. The summed E-state index contributed by atoms with van der Waals surface area (Å²) in [5, 5.41) is 0. The van der Waals surface area contributed by atoms with Crippen LogP contribution in [0, 0.1) is 11.8 Å². The molecule has 0 aliphatic heterocycles. The lowest BCUT2D eigenvalue weighted by molar-refractivity contribution is 0.0443. The van der Waals surface area contributed by atoms with Crippen molar-refractivity contribution in [3.63, 3.8) is 0 Å². The maximum atomic E-state index is 5.73. The third-order valence-corrected chi connectivity index (χ3v) is 2.64. The quantitative estimate of drug-likeness (QED) is 0.560. The van der Waals surface area contributed by atoms with Crippen LogP contribution in [0.15, 0.2) is 0 Å². The Bertz CT molecular complexity index is 125. The Kier molecular flexibility index (Phi) is 8.70. The lowest BCUT2D eigenvalue weighted by Gasteiger charge is -2.16. The van der Waals surface area contributed by atoms with E-state index in [1.807, 2.05) is 0 Å². The van der Waals surface area contributed by atoms with Gasteiger partial charge in [-0.1, -0.05) is 20.8 Å². The molecule has 86 valence electrons. The molecule has 0 saturated heterocycles. The number of ether oxygens (including phenoxy) is 1. The molecular formula is C12H25ClO. The van der Waals surface area contributed by atoms with E-state index in [9.17, 15) is 0 Å². The first-order valence-corrected chi connectivity index (χ1v) is 6.27. The van der Waals surface area contributed by atoms with Crippen LogP contribution in [0.1, 0.15) is 47.0 Å². The zero-order valence-corrected chi connectivity index (χ0v) is 10.8. The van der Waals surface area contributed by atoms with Crippen molar-refractivity contribution in [3.05, 3.63) is 0 Å². The second-order valence-electron chi connectivity index (χ2n) is 4.68. The van der Waals surface area contributed by atoms with E-state index in [1.165, 1.54) is 0 Å². The van der Waals surface area contributed by atoms with E-state index in [4.69, 9.17) is 16.3 Å². The van der Waals surface area contributed by atoms with E-state index in [-0.39, 0.29) is 0 Å². The number of hydrogen-bond acceptors (Lipinski definition) is 1. The van der Waals surface area contributed by atoms with E-state index < -0.39 is 0 Å². The van der Waals surface area contributed by atoms with Crippen molar-refractivity contribution in [2.45, 2.75) is 53.1 Å². The molecule has 0 rings (SSSR count). The van der Waals surface area contributed by atoms with E-state index in [0.717, 1.165) is 37.7 Å². The minimum atomic E-state index is 0.401. The predicted octanol–water partition coefficient (Wildman–Crippen LogP) is 4.09. The van der Waals surface area contributed by atoms with Crippen molar-refractivity contribution < 1.29 is 4.74 Å². The molecule has 0 N–H and O–H groups in total. The van der Waals surface area contributed by atoms with Gasteiger partial charge in [0, 0.05) is 12.5 Å². The van der Waals surface area contributed by atoms with E-state index in [1.54, 1.807) is 0 Å². The molecule has 0 spiro atoms. The highest BCUT2D eigenvalue weighted by atomic mass is 35.5. The zero-order chi connectivity index (χ0) is 11.0. The summed E-state index contributed by atoms with van der Waals surface area (Å²) in [5.41, 5.74) is 0. The molecule has 0 saturated carbocycles. The van der Waals surface area contributed by atoms with Gasteiger partial charge in [0.1, 0.15) is 0 Å². The van der Waals surface area contributed by atoms with Crippen LogP contribution in [-0.2, 0) is 4.74 Å². The Morgan fingerprint density at radius 2 is 1.71 bits per heavy atom. The summed E-state index contributed by atoms with van der Waals surface area (Å²) < 4.78 is 5.73. The highest BCUT2D eigenvalue weighted by Gasteiger charge is 2.06. The van der Waals surface area contributed by atoms with Crippen molar-refractivity contribution in [1.82, 2.24) is 0 Å². The van der Waals surface area contributed by atoms with Crippen LogP contribution in [-0.4, -0.2) is 18.6 Å². The number of hydrogen-bond donors (Lipinski definition) is 0. The van der Waals surface area contributed by atoms with Crippen LogP contribution in [0.2, 0.25) is 0 Å². The molecule has 0 fully saturated rings. The van der Waals surface area contributed by atoms with Gasteiger partial charge in [0.05, 0.1) is 6.10 Å². The second kappa shape index (κ2) is 8.55. The minimum Gasteiger partial charge on any atom is -0.378 e. The topological polar surface area (TPSA) is 9.23 Å². The minimum absolute atomic E-state index is 0.401. The van der Waals surface area contributed by atoms with E-state index in [2.05, 4.69) is 27.7 Å². The van der Waals surface area contributed by atoms with Crippen LogP contribution in [0.3, 0.4) is 0 Å². The first-order chi connectivity index (χ1) is 6.56. The molecule has 2 unspecified atom stereocenters. The Labute approximate surface area is 94.2 Å². The summed E-state index contributed by atoms with van der Waals surface area (Å²) >= 11 is 5.67. The van der Waals surface area contributed by atoms with Gasteiger partial charge in [-0.2, -0.15) is 0 Å². The van der Waals surface area contributed by atoms with Gasteiger partial charge in [0.25, 0.3) is 0 Å². The average molecular weight is 221 g/mol. The molecular weight excluding hydrogens is 196 g/mol. The molecule has 0 aliphatic carbocycles. The maximum absolute atomic E-state index is 5.73. The molecule has 2 heteroatoms. The van der Waals surface area contributed by atoms with E-state index in [0.29, 0.717) is 12.0 Å². The number of halogens is 1. The smallest absolute Gasteiger partial charge is 0.0549 e. The lowest BCUT2D eigenvalue weighted by atomic mass is 10.1. The molecule has 1 nitrogen and oxygen atoms in total. The van der Waals surface area contributed by atoms with Crippen LogP contribution in [0.4, 0.5) is 0 Å². The monoisotopic (exact) mass is 220 g/mol.